The number of aromatic amines is 1. The summed E-state index contributed by atoms with van der Waals surface area (Å²) < 4.78 is 11.3. The normalized spacial score (nSPS) is 14.4. The first-order chi connectivity index (χ1) is 19.1. The Kier molecular flexibility index (Phi) is 6.78. The number of rotatable bonds is 8. The summed E-state index contributed by atoms with van der Waals surface area (Å²) >= 11 is 5.99. The van der Waals surface area contributed by atoms with Crippen molar-refractivity contribution in [3.63, 3.8) is 0 Å². The second-order valence-electron chi connectivity index (χ2n) is 9.39. The lowest BCUT2D eigenvalue weighted by Gasteiger charge is -2.26. The van der Waals surface area contributed by atoms with E-state index in [0.29, 0.717) is 23.9 Å². The Morgan fingerprint density at radius 1 is 0.846 bits per heavy atom. The summed E-state index contributed by atoms with van der Waals surface area (Å²) in [7, 11) is 1.64. The minimum atomic E-state index is -0.311. The molecule has 4 aromatic carbocycles. The number of halogens is 1. The van der Waals surface area contributed by atoms with E-state index >= 15 is 0 Å². The summed E-state index contributed by atoms with van der Waals surface area (Å²) in [5.41, 5.74) is 6.13. The topological polar surface area (TPSA) is 67.5 Å². The molecular formula is C32H26ClN3O3. The molecule has 0 fully saturated rings. The van der Waals surface area contributed by atoms with Gasteiger partial charge in [0.25, 0.3) is 5.91 Å². The molecule has 7 heteroatoms. The van der Waals surface area contributed by atoms with Gasteiger partial charge in [-0.05, 0) is 65.2 Å². The number of benzene rings is 4. The van der Waals surface area contributed by atoms with Crippen molar-refractivity contribution in [2.45, 2.75) is 19.2 Å². The number of H-pyrrole nitrogens is 1. The van der Waals surface area contributed by atoms with Crippen LogP contribution in [0.15, 0.2) is 103 Å². The highest BCUT2D eigenvalue weighted by Gasteiger charge is 2.42. The van der Waals surface area contributed by atoms with E-state index in [9.17, 15) is 4.79 Å². The smallest absolute Gasteiger partial charge is 0.273 e. The Labute approximate surface area is 231 Å². The van der Waals surface area contributed by atoms with Crippen LogP contribution in [-0.4, -0.2) is 28.1 Å². The van der Waals surface area contributed by atoms with Gasteiger partial charge in [-0.15, -0.1) is 0 Å². The van der Waals surface area contributed by atoms with Crippen molar-refractivity contribution >= 4 is 17.5 Å². The summed E-state index contributed by atoms with van der Waals surface area (Å²) in [5.74, 6) is 1.43. The van der Waals surface area contributed by atoms with Crippen molar-refractivity contribution in [3.8, 4) is 22.8 Å². The standard InChI is InChI=1S/C32H26ClN3O3/c1-38-26-15-9-23(10-16-26)29-28-30(35-34-29)32(37)36(19-21-5-3-2-4-6-21)31(28)24-11-17-27(18-12-24)39-20-22-7-13-25(33)14-8-22/h2-18,31H,19-20H2,1H3,(H,34,35). The molecule has 5 aromatic rings. The Balaban J connectivity index is 1.34. The highest BCUT2D eigenvalue weighted by molar-refractivity contribution is 6.30. The van der Waals surface area contributed by atoms with Gasteiger partial charge in [0.1, 0.15) is 23.8 Å². The predicted molar refractivity (Wildman–Crippen MR) is 151 cm³/mol. The number of amides is 1. The van der Waals surface area contributed by atoms with Crippen molar-refractivity contribution in [1.82, 2.24) is 15.1 Å². The third kappa shape index (κ3) is 4.99. The zero-order valence-corrected chi connectivity index (χ0v) is 22.1. The molecular weight excluding hydrogens is 510 g/mol. The van der Waals surface area contributed by atoms with Gasteiger partial charge >= 0.3 is 0 Å². The van der Waals surface area contributed by atoms with Crippen LogP contribution < -0.4 is 9.47 Å². The number of nitrogens with one attached hydrogen (secondary N) is 1. The van der Waals surface area contributed by atoms with E-state index in [1.165, 1.54) is 0 Å². The SMILES string of the molecule is COc1ccc(-c2n[nH]c3c2C(c2ccc(OCc4ccc(Cl)cc4)cc2)N(Cc2ccccc2)C3=O)cc1. The number of methoxy groups -OCH3 is 1. The molecule has 0 radical (unpaired) electrons. The molecule has 1 N–H and O–H groups in total. The van der Waals surface area contributed by atoms with Crippen LogP contribution >= 0.6 is 11.6 Å². The molecule has 0 bridgehead atoms. The van der Waals surface area contributed by atoms with Gasteiger partial charge in [-0.1, -0.05) is 66.2 Å². The molecule has 0 aliphatic carbocycles. The molecule has 1 aromatic heterocycles. The van der Waals surface area contributed by atoms with Crippen LogP contribution in [0.5, 0.6) is 11.5 Å². The van der Waals surface area contributed by atoms with Crippen LogP contribution in [0.1, 0.15) is 38.8 Å². The maximum absolute atomic E-state index is 13.7. The van der Waals surface area contributed by atoms with Crippen LogP contribution in [0.2, 0.25) is 5.02 Å². The third-order valence-electron chi connectivity index (χ3n) is 6.94. The molecule has 6 rings (SSSR count). The number of carbonyl (C=O) groups is 1. The third-order valence-corrected chi connectivity index (χ3v) is 7.19. The summed E-state index contributed by atoms with van der Waals surface area (Å²) in [5, 5.41) is 8.29. The van der Waals surface area contributed by atoms with E-state index in [1.54, 1.807) is 7.11 Å². The number of fused-ring (bicyclic) bond motifs is 1. The summed E-state index contributed by atoms with van der Waals surface area (Å²) in [6, 6.07) is 33.0. The van der Waals surface area contributed by atoms with Crippen molar-refractivity contribution in [2.75, 3.05) is 7.11 Å². The van der Waals surface area contributed by atoms with E-state index in [4.69, 9.17) is 21.1 Å². The number of ether oxygens (including phenoxy) is 2. The Morgan fingerprint density at radius 2 is 1.54 bits per heavy atom. The van der Waals surface area contributed by atoms with Crippen molar-refractivity contribution in [1.29, 1.82) is 0 Å². The Morgan fingerprint density at radius 3 is 2.23 bits per heavy atom. The van der Waals surface area contributed by atoms with Gasteiger partial charge in [-0.2, -0.15) is 5.10 Å². The first-order valence-corrected chi connectivity index (χ1v) is 13.0. The van der Waals surface area contributed by atoms with Crippen molar-refractivity contribution in [3.05, 3.63) is 136 Å². The zero-order chi connectivity index (χ0) is 26.8. The number of nitrogens with zero attached hydrogens (tertiary/aromatic N) is 2. The molecule has 1 aliphatic heterocycles. The molecule has 194 valence electrons. The van der Waals surface area contributed by atoms with Crippen LogP contribution in [0.3, 0.4) is 0 Å². The number of carbonyl (C=O) groups excluding carboxylic acids is 1. The lowest BCUT2D eigenvalue weighted by Crippen LogP contribution is -2.29. The molecule has 1 unspecified atom stereocenters. The van der Waals surface area contributed by atoms with E-state index in [-0.39, 0.29) is 11.9 Å². The summed E-state index contributed by atoms with van der Waals surface area (Å²) in [4.78, 5) is 15.6. The highest BCUT2D eigenvalue weighted by atomic mass is 35.5. The molecule has 0 saturated carbocycles. The maximum Gasteiger partial charge on any atom is 0.273 e. The zero-order valence-electron chi connectivity index (χ0n) is 21.3. The average Bonchev–Trinajstić information content (AvgIpc) is 3.52. The van der Waals surface area contributed by atoms with Gasteiger partial charge in [0.2, 0.25) is 0 Å². The monoisotopic (exact) mass is 535 g/mol. The van der Waals surface area contributed by atoms with Crippen LogP contribution in [-0.2, 0) is 13.2 Å². The first-order valence-electron chi connectivity index (χ1n) is 12.7. The average molecular weight is 536 g/mol. The van der Waals surface area contributed by atoms with Gasteiger partial charge in [-0.25, -0.2) is 0 Å². The van der Waals surface area contributed by atoms with Gasteiger partial charge in [0.15, 0.2) is 0 Å². The largest absolute Gasteiger partial charge is 0.497 e. The Bertz CT molecular complexity index is 1580. The van der Waals surface area contributed by atoms with E-state index in [0.717, 1.165) is 45.0 Å². The minimum Gasteiger partial charge on any atom is -0.497 e. The second-order valence-corrected chi connectivity index (χ2v) is 9.83. The molecule has 1 aliphatic rings. The molecule has 39 heavy (non-hydrogen) atoms. The van der Waals surface area contributed by atoms with E-state index < -0.39 is 0 Å². The quantitative estimate of drug-likeness (QED) is 0.231. The Hall–Kier alpha value is -4.55. The molecule has 6 nitrogen and oxygen atoms in total. The number of aromatic nitrogens is 2. The predicted octanol–water partition coefficient (Wildman–Crippen LogP) is 7.06. The van der Waals surface area contributed by atoms with Crippen molar-refractivity contribution < 1.29 is 14.3 Å². The molecule has 0 spiro atoms. The highest BCUT2D eigenvalue weighted by Crippen LogP contribution is 2.44. The fourth-order valence-electron chi connectivity index (χ4n) is 4.95. The molecule has 1 atom stereocenters. The van der Waals surface area contributed by atoms with Crippen molar-refractivity contribution in [2.24, 2.45) is 0 Å². The summed E-state index contributed by atoms with van der Waals surface area (Å²) in [6.45, 7) is 0.912. The van der Waals surface area contributed by atoms with E-state index in [1.807, 2.05) is 108 Å². The van der Waals surface area contributed by atoms with Crippen LogP contribution in [0.4, 0.5) is 0 Å². The fourth-order valence-corrected chi connectivity index (χ4v) is 5.07. The molecule has 0 saturated heterocycles. The van der Waals surface area contributed by atoms with Gasteiger partial charge in [0.05, 0.1) is 18.8 Å². The second kappa shape index (κ2) is 10.7. The fraction of sp³-hybridized carbons (Fsp3) is 0.125. The first kappa shape index (κ1) is 24.8. The lowest BCUT2D eigenvalue weighted by molar-refractivity contribution is 0.0730. The lowest BCUT2D eigenvalue weighted by atomic mass is 9.95. The maximum atomic E-state index is 13.7. The van der Waals surface area contributed by atoms with Gasteiger partial charge in [-0.3, -0.25) is 9.89 Å². The van der Waals surface area contributed by atoms with Gasteiger partial charge < -0.3 is 14.4 Å². The van der Waals surface area contributed by atoms with E-state index in [2.05, 4.69) is 10.2 Å². The molecule has 1 amide bonds. The minimum absolute atomic E-state index is 0.0748. The number of hydrogen-bond acceptors (Lipinski definition) is 4. The summed E-state index contributed by atoms with van der Waals surface area (Å²) in [6.07, 6.45) is 0. The van der Waals surface area contributed by atoms with Crippen LogP contribution in [0.25, 0.3) is 11.3 Å². The van der Waals surface area contributed by atoms with Crippen LogP contribution in [0, 0.1) is 0 Å². The number of hydrogen-bond donors (Lipinski definition) is 1. The van der Waals surface area contributed by atoms with Gasteiger partial charge in [0, 0.05) is 22.7 Å². The molecule has 2 heterocycles.